The van der Waals surface area contributed by atoms with E-state index >= 15 is 0 Å². The number of carbonyl (C=O) groups excluding carboxylic acids is 1. The molecular formula is C13H22N4O2. The van der Waals surface area contributed by atoms with Gasteiger partial charge in [0.15, 0.2) is 5.82 Å². The third-order valence-corrected chi connectivity index (χ3v) is 3.72. The van der Waals surface area contributed by atoms with Crippen molar-refractivity contribution in [3.8, 4) is 0 Å². The molecule has 1 amide bonds. The van der Waals surface area contributed by atoms with E-state index in [9.17, 15) is 4.79 Å². The summed E-state index contributed by atoms with van der Waals surface area (Å²) in [6, 6.07) is 1.81. The molecule has 1 fully saturated rings. The highest BCUT2D eigenvalue weighted by Gasteiger charge is 2.32. The Morgan fingerprint density at radius 2 is 2.47 bits per heavy atom. The minimum absolute atomic E-state index is 0.0362. The summed E-state index contributed by atoms with van der Waals surface area (Å²) in [4.78, 5) is 12.2. The summed E-state index contributed by atoms with van der Waals surface area (Å²) in [6.45, 7) is 1.87. The van der Waals surface area contributed by atoms with Crippen molar-refractivity contribution in [1.82, 2.24) is 9.78 Å². The van der Waals surface area contributed by atoms with E-state index in [4.69, 9.17) is 10.5 Å². The lowest BCUT2D eigenvalue weighted by molar-refractivity contribution is -0.120. The van der Waals surface area contributed by atoms with Crippen LogP contribution < -0.4 is 11.1 Å². The van der Waals surface area contributed by atoms with E-state index in [-0.39, 0.29) is 11.8 Å². The van der Waals surface area contributed by atoms with Gasteiger partial charge in [-0.15, -0.1) is 0 Å². The van der Waals surface area contributed by atoms with E-state index < -0.39 is 0 Å². The average molecular weight is 266 g/mol. The first kappa shape index (κ1) is 14.0. The maximum absolute atomic E-state index is 12.2. The molecule has 106 valence electrons. The Hall–Kier alpha value is -1.40. The number of amides is 1. The number of aromatic nitrogens is 2. The topological polar surface area (TPSA) is 82.2 Å². The summed E-state index contributed by atoms with van der Waals surface area (Å²) in [5.74, 6) is 0.999. The number of carbonyl (C=O) groups is 1. The molecule has 1 aromatic rings. The van der Waals surface area contributed by atoms with Crippen LogP contribution in [0.25, 0.3) is 0 Å². The summed E-state index contributed by atoms with van der Waals surface area (Å²) < 4.78 is 6.74. The van der Waals surface area contributed by atoms with Crippen LogP contribution in [0.1, 0.15) is 19.3 Å². The Balaban J connectivity index is 1.89. The van der Waals surface area contributed by atoms with Crippen molar-refractivity contribution in [3.05, 3.63) is 12.3 Å². The highest BCUT2D eigenvalue weighted by Crippen LogP contribution is 2.31. The number of ether oxygens (including phenoxy) is 1. The fourth-order valence-corrected chi connectivity index (χ4v) is 2.62. The van der Waals surface area contributed by atoms with Crippen molar-refractivity contribution in [2.75, 3.05) is 25.6 Å². The average Bonchev–Trinajstić information content (AvgIpc) is 3.04. The molecule has 1 aliphatic rings. The molecule has 0 bridgehead atoms. The standard InChI is InChI=1S/C13H22N4O2/c1-19-8-7-17-6-5-12(16-17)15-13(18)11-4-2-3-10(11)9-14/h5-6,10-11H,2-4,7-9,14H2,1H3,(H,15,16,18)/t10-,11-/m1/s1. The van der Waals surface area contributed by atoms with E-state index in [0.29, 0.717) is 31.4 Å². The third kappa shape index (κ3) is 3.54. The van der Waals surface area contributed by atoms with E-state index in [2.05, 4.69) is 10.4 Å². The van der Waals surface area contributed by atoms with Gasteiger partial charge < -0.3 is 15.8 Å². The molecule has 0 spiro atoms. The Morgan fingerprint density at radius 1 is 1.63 bits per heavy atom. The Bertz CT molecular complexity index is 419. The van der Waals surface area contributed by atoms with Crippen molar-refractivity contribution < 1.29 is 9.53 Å². The number of hydrogen-bond acceptors (Lipinski definition) is 4. The fraction of sp³-hybridized carbons (Fsp3) is 0.692. The predicted octanol–water partition coefficient (Wildman–Crippen LogP) is 0.843. The van der Waals surface area contributed by atoms with Gasteiger partial charge >= 0.3 is 0 Å². The largest absolute Gasteiger partial charge is 0.383 e. The minimum atomic E-state index is 0.0362. The third-order valence-electron chi connectivity index (χ3n) is 3.72. The highest BCUT2D eigenvalue weighted by atomic mass is 16.5. The molecule has 3 N–H and O–H groups in total. The molecule has 19 heavy (non-hydrogen) atoms. The predicted molar refractivity (Wildman–Crippen MR) is 72.6 cm³/mol. The van der Waals surface area contributed by atoms with Crippen LogP contribution in [0.3, 0.4) is 0 Å². The molecule has 1 heterocycles. The molecular weight excluding hydrogens is 244 g/mol. The van der Waals surface area contributed by atoms with Crippen molar-refractivity contribution in [1.29, 1.82) is 0 Å². The molecule has 2 rings (SSSR count). The molecule has 0 unspecified atom stereocenters. The smallest absolute Gasteiger partial charge is 0.229 e. The van der Waals surface area contributed by atoms with Gasteiger partial charge in [0.1, 0.15) is 0 Å². The van der Waals surface area contributed by atoms with Gasteiger partial charge in [-0.2, -0.15) is 5.10 Å². The first-order valence-corrected chi connectivity index (χ1v) is 6.78. The molecule has 0 radical (unpaired) electrons. The van der Waals surface area contributed by atoms with Gasteiger partial charge in [-0.3, -0.25) is 9.48 Å². The van der Waals surface area contributed by atoms with Crippen molar-refractivity contribution in [2.24, 2.45) is 17.6 Å². The van der Waals surface area contributed by atoms with Gasteiger partial charge in [-0.1, -0.05) is 6.42 Å². The van der Waals surface area contributed by atoms with Gasteiger partial charge in [-0.05, 0) is 25.3 Å². The van der Waals surface area contributed by atoms with Gasteiger partial charge in [0.25, 0.3) is 0 Å². The zero-order chi connectivity index (χ0) is 13.7. The quantitative estimate of drug-likeness (QED) is 0.799. The SMILES string of the molecule is COCCn1ccc(NC(=O)[C@@H]2CCC[C@@H]2CN)n1. The lowest BCUT2D eigenvalue weighted by atomic mass is 9.95. The number of methoxy groups -OCH3 is 1. The molecule has 6 nitrogen and oxygen atoms in total. The van der Waals surface area contributed by atoms with Crippen LogP contribution in [0.15, 0.2) is 12.3 Å². The highest BCUT2D eigenvalue weighted by molar-refractivity contribution is 5.92. The molecule has 1 aromatic heterocycles. The normalized spacial score (nSPS) is 22.6. The molecule has 1 saturated carbocycles. The summed E-state index contributed by atoms with van der Waals surface area (Å²) in [5, 5.41) is 7.16. The summed E-state index contributed by atoms with van der Waals surface area (Å²) in [7, 11) is 1.65. The van der Waals surface area contributed by atoms with Crippen LogP contribution in [0.5, 0.6) is 0 Å². The molecule has 0 saturated heterocycles. The Morgan fingerprint density at radius 3 is 3.21 bits per heavy atom. The van der Waals surface area contributed by atoms with Crippen LogP contribution in [-0.4, -0.2) is 35.9 Å². The molecule has 1 aliphatic carbocycles. The first-order chi connectivity index (χ1) is 9.24. The lowest BCUT2D eigenvalue weighted by Gasteiger charge is -2.16. The maximum atomic E-state index is 12.2. The zero-order valence-electron chi connectivity index (χ0n) is 11.3. The van der Waals surface area contributed by atoms with Gasteiger partial charge in [0.05, 0.1) is 13.2 Å². The van der Waals surface area contributed by atoms with Crippen LogP contribution >= 0.6 is 0 Å². The van der Waals surface area contributed by atoms with Gasteiger partial charge in [0.2, 0.25) is 5.91 Å². The Kier molecular flexibility index (Phi) is 4.93. The second-order valence-corrected chi connectivity index (χ2v) is 4.98. The van der Waals surface area contributed by atoms with Crippen LogP contribution in [0.4, 0.5) is 5.82 Å². The van der Waals surface area contributed by atoms with Crippen LogP contribution in [0, 0.1) is 11.8 Å². The van der Waals surface area contributed by atoms with Crippen molar-refractivity contribution in [2.45, 2.75) is 25.8 Å². The van der Waals surface area contributed by atoms with Crippen molar-refractivity contribution in [3.63, 3.8) is 0 Å². The number of anilines is 1. The number of nitrogens with one attached hydrogen (secondary N) is 1. The first-order valence-electron chi connectivity index (χ1n) is 6.78. The zero-order valence-corrected chi connectivity index (χ0v) is 11.3. The van der Waals surface area contributed by atoms with Gasteiger partial charge in [0, 0.05) is 25.3 Å². The van der Waals surface area contributed by atoms with Crippen LogP contribution in [0.2, 0.25) is 0 Å². The Labute approximate surface area is 113 Å². The fourth-order valence-electron chi connectivity index (χ4n) is 2.62. The summed E-state index contributed by atoms with van der Waals surface area (Å²) in [6.07, 6.45) is 4.90. The van der Waals surface area contributed by atoms with Gasteiger partial charge in [-0.25, -0.2) is 0 Å². The maximum Gasteiger partial charge on any atom is 0.229 e. The lowest BCUT2D eigenvalue weighted by Crippen LogP contribution is -2.29. The number of hydrogen-bond donors (Lipinski definition) is 2. The number of rotatable bonds is 6. The number of nitrogens with two attached hydrogens (primary N) is 1. The van der Waals surface area contributed by atoms with E-state index in [1.165, 1.54) is 0 Å². The van der Waals surface area contributed by atoms with Crippen LogP contribution in [-0.2, 0) is 16.1 Å². The second kappa shape index (κ2) is 6.68. The second-order valence-electron chi connectivity index (χ2n) is 4.98. The minimum Gasteiger partial charge on any atom is -0.383 e. The molecule has 2 atom stereocenters. The molecule has 0 aromatic carbocycles. The number of nitrogens with zero attached hydrogens (tertiary/aromatic N) is 2. The van der Waals surface area contributed by atoms with Crippen molar-refractivity contribution >= 4 is 11.7 Å². The monoisotopic (exact) mass is 266 g/mol. The van der Waals surface area contributed by atoms with E-state index in [1.54, 1.807) is 17.9 Å². The van der Waals surface area contributed by atoms with E-state index in [1.807, 2.05) is 6.20 Å². The molecule has 0 aliphatic heterocycles. The summed E-state index contributed by atoms with van der Waals surface area (Å²) in [5.41, 5.74) is 5.70. The van der Waals surface area contributed by atoms with E-state index in [0.717, 1.165) is 19.3 Å². The molecule has 6 heteroatoms. The summed E-state index contributed by atoms with van der Waals surface area (Å²) >= 11 is 0.